The number of amides is 1. The Labute approximate surface area is 167 Å². The van der Waals surface area contributed by atoms with Gasteiger partial charge in [0.2, 0.25) is 5.91 Å². The number of thiazole rings is 1. The molecule has 0 radical (unpaired) electrons. The van der Waals surface area contributed by atoms with Crippen molar-refractivity contribution in [3.63, 3.8) is 0 Å². The van der Waals surface area contributed by atoms with E-state index in [0.29, 0.717) is 19.4 Å². The van der Waals surface area contributed by atoms with Crippen LogP contribution in [0.1, 0.15) is 38.3 Å². The van der Waals surface area contributed by atoms with E-state index in [1.807, 2.05) is 46.3 Å². The summed E-state index contributed by atoms with van der Waals surface area (Å²) in [7, 11) is 0. The number of aromatic nitrogens is 2. The minimum absolute atomic E-state index is 0.162. The average Bonchev–Trinajstić information content (AvgIpc) is 3.41. The van der Waals surface area contributed by atoms with Gasteiger partial charge in [-0.1, -0.05) is 43.2 Å². The molecule has 1 fully saturated rings. The molecule has 0 atom stereocenters. The number of esters is 1. The number of nitrogens with one attached hydrogen (secondary N) is 1. The number of ether oxygens (including phenoxy) is 1. The van der Waals surface area contributed by atoms with Crippen molar-refractivity contribution in [1.29, 1.82) is 0 Å². The Morgan fingerprint density at radius 1 is 1.25 bits per heavy atom. The summed E-state index contributed by atoms with van der Waals surface area (Å²) in [6.07, 6.45) is 5.28. The Bertz CT molecular complexity index is 987. The standard InChI is InChI=1S/C21H23N3O3S/c1-2-27-19(26)21(10-6-7-11-21)23-18(25)12-16-14-28-20-22-17(13-24(16)20)15-8-4-3-5-9-15/h3-5,8-9,13-14H,2,6-7,10-12H2,1H3,(H,23,25). The lowest BCUT2D eigenvalue weighted by Crippen LogP contribution is -2.53. The topological polar surface area (TPSA) is 72.7 Å². The van der Waals surface area contributed by atoms with Gasteiger partial charge in [-0.05, 0) is 19.8 Å². The molecule has 1 aliphatic carbocycles. The number of hydrogen-bond donors (Lipinski definition) is 1. The van der Waals surface area contributed by atoms with E-state index in [4.69, 9.17) is 4.74 Å². The molecule has 6 nitrogen and oxygen atoms in total. The molecule has 0 aliphatic heterocycles. The zero-order chi connectivity index (χ0) is 19.6. The van der Waals surface area contributed by atoms with E-state index in [9.17, 15) is 9.59 Å². The molecule has 2 aromatic heterocycles. The van der Waals surface area contributed by atoms with Crippen LogP contribution in [0.25, 0.3) is 16.2 Å². The molecule has 28 heavy (non-hydrogen) atoms. The number of hydrogen-bond acceptors (Lipinski definition) is 5. The van der Waals surface area contributed by atoms with Gasteiger partial charge >= 0.3 is 5.97 Å². The third-order valence-electron chi connectivity index (χ3n) is 5.20. The fourth-order valence-electron chi connectivity index (χ4n) is 3.81. The smallest absolute Gasteiger partial charge is 0.331 e. The summed E-state index contributed by atoms with van der Waals surface area (Å²) in [4.78, 5) is 30.7. The van der Waals surface area contributed by atoms with Crippen LogP contribution in [-0.2, 0) is 20.7 Å². The Morgan fingerprint density at radius 3 is 2.71 bits per heavy atom. The van der Waals surface area contributed by atoms with Crippen LogP contribution in [0.15, 0.2) is 41.9 Å². The molecule has 1 saturated carbocycles. The molecule has 2 heterocycles. The molecule has 7 heteroatoms. The minimum atomic E-state index is -0.869. The van der Waals surface area contributed by atoms with E-state index >= 15 is 0 Å². The van der Waals surface area contributed by atoms with Crippen LogP contribution in [0.3, 0.4) is 0 Å². The van der Waals surface area contributed by atoms with Crippen LogP contribution in [-0.4, -0.2) is 33.4 Å². The predicted molar refractivity (Wildman–Crippen MR) is 108 cm³/mol. The van der Waals surface area contributed by atoms with Gasteiger partial charge in [0, 0.05) is 22.8 Å². The highest BCUT2D eigenvalue weighted by molar-refractivity contribution is 7.15. The monoisotopic (exact) mass is 397 g/mol. The highest BCUT2D eigenvalue weighted by atomic mass is 32.1. The fourth-order valence-corrected chi connectivity index (χ4v) is 4.68. The normalized spacial score (nSPS) is 15.6. The van der Waals surface area contributed by atoms with Crippen LogP contribution in [0.4, 0.5) is 0 Å². The number of fused-ring (bicyclic) bond motifs is 1. The van der Waals surface area contributed by atoms with Crippen molar-refractivity contribution < 1.29 is 14.3 Å². The number of carbonyl (C=O) groups is 2. The second-order valence-corrected chi connectivity index (χ2v) is 7.94. The van der Waals surface area contributed by atoms with Gasteiger partial charge in [0.1, 0.15) is 5.54 Å². The minimum Gasteiger partial charge on any atom is -0.464 e. The van der Waals surface area contributed by atoms with E-state index in [1.54, 1.807) is 6.92 Å². The lowest BCUT2D eigenvalue weighted by molar-refractivity contribution is -0.153. The first-order valence-corrected chi connectivity index (χ1v) is 10.5. The number of rotatable bonds is 6. The van der Waals surface area contributed by atoms with Gasteiger partial charge in [0.15, 0.2) is 4.96 Å². The van der Waals surface area contributed by atoms with Crippen LogP contribution >= 0.6 is 11.3 Å². The SMILES string of the molecule is CCOC(=O)C1(NC(=O)Cc2csc3nc(-c4ccccc4)cn23)CCCC1. The summed E-state index contributed by atoms with van der Waals surface area (Å²) in [5.41, 5.74) is 1.92. The van der Waals surface area contributed by atoms with E-state index in [-0.39, 0.29) is 18.3 Å². The van der Waals surface area contributed by atoms with E-state index < -0.39 is 5.54 Å². The largest absolute Gasteiger partial charge is 0.464 e. The third kappa shape index (κ3) is 3.54. The van der Waals surface area contributed by atoms with E-state index in [1.165, 1.54) is 11.3 Å². The van der Waals surface area contributed by atoms with Crippen LogP contribution in [0, 0.1) is 0 Å². The zero-order valence-corrected chi connectivity index (χ0v) is 16.6. The van der Waals surface area contributed by atoms with Gasteiger partial charge in [-0.3, -0.25) is 9.20 Å². The van der Waals surface area contributed by atoms with Gasteiger partial charge in [0.25, 0.3) is 0 Å². The van der Waals surface area contributed by atoms with Crippen molar-refractivity contribution in [2.45, 2.75) is 44.6 Å². The Balaban J connectivity index is 1.52. The third-order valence-corrected chi connectivity index (χ3v) is 6.09. The van der Waals surface area contributed by atoms with E-state index in [0.717, 1.165) is 34.8 Å². The summed E-state index contributed by atoms with van der Waals surface area (Å²) in [6.45, 7) is 2.10. The molecular weight excluding hydrogens is 374 g/mol. The number of nitrogens with zero attached hydrogens (tertiary/aromatic N) is 2. The van der Waals surface area contributed by atoms with Crippen molar-refractivity contribution in [2.75, 3.05) is 6.61 Å². The first-order chi connectivity index (χ1) is 13.6. The predicted octanol–water partition coefficient (Wildman–Crippen LogP) is 3.60. The van der Waals surface area contributed by atoms with Crippen molar-refractivity contribution in [2.24, 2.45) is 0 Å². The molecular formula is C21H23N3O3S. The van der Waals surface area contributed by atoms with Gasteiger partial charge in [-0.25, -0.2) is 9.78 Å². The number of imidazole rings is 1. The molecule has 0 unspecified atom stereocenters. The highest BCUT2D eigenvalue weighted by Gasteiger charge is 2.43. The number of benzene rings is 1. The number of carbonyl (C=O) groups excluding carboxylic acids is 2. The molecule has 1 aliphatic rings. The Morgan fingerprint density at radius 2 is 2.00 bits per heavy atom. The van der Waals surface area contributed by atoms with E-state index in [2.05, 4.69) is 10.3 Å². The Hall–Kier alpha value is -2.67. The second kappa shape index (κ2) is 7.75. The molecule has 0 saturated heterocycles. The molecule has 1 amide bonds. The van der Waals surface area contributed by atoms with Crippen molar-refractivity contribution in [1.82, 2.24) is 14.7 Å². The van der Waals surface area contributed by atoms with Gasteiger partial charge in [0.05, 0.1) is 18.7 Å². The summed E-state index contributed by atoms with van der Waals surface area (Å²) in [6, 6.07) is 9.96. The summed E-state index contributed by atoms with van der Waals surface area (Å²) in [5.74, 6) is -0.477. The lowest BCUT2D eigenvalue weighted by atomic mass is 9.97. The van der Waals surface area contributed by atoms with Crippen molar-refractivity contribution >= 4 is 28.2 Å². The summed E-state index contributed by atoms with van der Waals surface area (Å²) >= 11 is 1.51. The van der Waals surface area contributed by atoms with Crippen molar-refractivity contribution in [3.8, 4) is 11.3 Å². The summed E-state index contributed by atoms with van der Waals surface area (Å²) < 4.78 is 7.18. The highest BCUT2D eigenvalue weighted by Crippen LogP contribution is 2.31. The maximum atomic E-state index is 12.8. The molecule has 4 rings (SSSR count). The summed E-state index contributed by atoms with van der Waals surface area (Å²) in [5, 5.41) is 4.92. The molecule has 1 aromatic carbocycles. The molecule has 1 N–H and O–H groups in total. The van der Waals surface area contributed by atoms with Crippen LogP contribution in [0.2, 0.25) is 0 Å². The maximum Gasteiger partial charge on any atom is 0.331 e. The molecule has 0 bridgehead atoms. The Kier molecular flexibility index (Phi) is 5.17. The lowest BCUT2D eigenvalue weighted by Gasteiger charge is -2.27. The molecule has 3 aromatic rings. The van der Waals surface area contributed by atoms with Gasteiger partial charge in [-0.15, -0.1) is 11.3 Å². The fraction of sp³-hybridized carbons (Fsp3) is 0.381. The van der Waals surface area contributed by atoms with Gasteiger partial charge < -0.3 is 10.1 Å². The van der Waals surface area contributed by atoms with Crippen molar-refractivity contribution in [3.05, 3.63) is 47.6 Å². The zero-order valence-electron chi connectivity index (χ0n) is 15.8. The average molecular weight is 398 g/mol. The second-order valence-electron chi connectivity index (χ2n) is 7.11. The van der Waals surface area contributed by atoms with Gasteiger partial charge in [-0.2, -0.15) is 0 Å². The van der Waals surface area contributed by atoms with Crippen LogP contribution in [0.5, 0.6) is 0 Å². The van der Waals surface area contributed by atoms with Crippen LogP contribution < -0.4 is 5.32 Å². The first-order valence-electron chi connectivity index (χ1n) is 9.60. The quantitative estimate of drug-likeness (QED) is 0.645. The molecule has 146 valence electrons. The first kappa shape index (κ1) is 18.7. The maximum absolute atomic E-state index is 12.8. The molecule has 0 spiro atoms.